The van der Waals surface area contributed by atoms with Gasteiger partial charge in [-0.1, -0.05) is 27.7 Å². The monoisotopic (exact) mass is 293 g/mol. The number of hydrogen-bond donors (Lipinski definition) is 2. The summed E-state index contributed by atoms with van der Waals surface area (Å²) < 4.78 is 0. The average molecular weight is 293 g/mol. The van der Waals surface area contributed by atoms with E-state index in [1.165, 1.54) is 0 Å². The van der Waals surface area contributed by atoms with Crippen molar-refractivity contribution in [3.05, 3.63) is 11.4 Å². The van der Waals surface area contributed by atoms with E-state index < -0.39 is 0 Å². The van der Waals surface area contributed by atoms with Crippen molar-refractivity contribution in [3.63, 3.8) is 0 Å². The van der Waals surface area contributed by atoms with Gasteiger partial charge in [0.25, 0.3) is 0 Å². The Bertz CT molecular complexity index is 427. The zero-order chi connectivity index (χ0) is 15.8. The summed E-state index contributed by atoms with van der Waals surface area (Å²) >= 11 is 0. The molecule has 0 bridgehead atoms. The van der Waals surface area contributed by atoms with Crippen molar-refractivity contribution in [1.82, 2.24) is 14.9 Å². The maximum absolute atomic E-state index is 4.66. The van der Waals surface area contributed by atoms with E-state index >= 15 is 0 Å². The number of rotatable bonds is 9. The van der Waals surface area contributed by atoms with Crippen LogP contribution in [0.25, 0.3) is 0 Å². The summed E-state index contributed by atoms with van der Waals surface area (Å²) in [5, 5.41) is 6.63. The molecule has 0 unspecified atom stereocenters. The van der Waals surface area contributed by atoms with Crippen molar-refractivity contribution >= 4 is 11.6 Å². The molecular formula is C16H31N5. The Balaban J connectivity index is 2.67. The van der Waals surface area contributed by atoms with Crippen LogP contribution in [-0.4, -0.2) is 48.1 Å². The second kappa shape index (κ2) is 8.82. The van der Waals surface area contributed by atoms with Gasteiger partial charge in [-0.3, -0.25) is 0 Å². The van der Waals surface area contributed by atoms with Crippen molar-refractivity contribution in [2.45, 2.75) is 47.0 Å². The Hall–Kier alpha value is -1.36. The maximum atomic E-state index is 4.66. The molecule has 0 radical (unpaired) electrons. The van der Waals surface area contributed by atoms with Crippen molar-refractivity contribution in [3.8, 4) is 0 Å². The van der Waals surface area contributed by atoms with E-state index in [1.54, 1.807) is 0 Å². The first-order valence-corrected chi connectivity index (χ1v) is 8.05. The fraction of sp³-hybridized carbons (Fsp3) is 0.750. The number of nitrogens with zero attached hydrogens (tertiary/aromatic N) is 3. The lowest BCUT2D eigenvalue weighted by Crippen LogP contribution is -2.25. The molecule has 0 aromatic carbocycles. The lowest BCUT2D eigenvalue weighted by atomic mass is 10.2. The largest absolute Gasteiger partial charge is 0.373 e. The van der Waals surface area contributed by atoms with Crippen molar-refractivity contribution in [1.29, 1.82) is 0 Å². The minimum atomic E-state index is 0.328. The Kier molecular flexibility index (Phi) is 7.43. The molecule has 0 fully saturated rings. The fourth-order valence-corrected chi connectivity index (χ4v) is 2.26. The van der Waals surface area contributed by atoms with Crippen LogP contribution in [0.5, 0.6) is 0 Å². The normalized spacial score (nSPS) is 11.2. The number of nitrogens with one attached hydrogen (secondary N) is 2. The molecule has 1 rings (SSSR count). The molecule has 21 heavy (non-hydrogen) atoms. The van der Waals surface area contributed by atoms with Crippen molar-refractivity contribution < 1.29 is 0 Å². The number of aromatic nitrogens is 2. The van der Waals surface area contributed by atoms with Crippen LogP contribution in [-0.2, 0) is 0 Å². The summed E-state index contributed by atoms with van der Waals surface area (Å²) in [6.45, 7) is 15.0. The van der Waals surface area contributed by atoms with Gasteiger partial charge in [-0.2, -0.15) is 0 Å². The smallest absolute Gasteiger partial charge is 0.135 e. The lowest BCUT2D eigenvalue weighted by Gasteiger charge is -2.19. The van der Waals surface area contributed by atoms with Gasteiger partial charge in [0.15, 0.2) is 0 Å². The second-order valence-corrected chi connectivity index (χ2v) is 5.62. The summed E-state index contributed by atoms with van der Waals surface area (Å²) in [6.07, 6.45) is 1.12. The van der Waals surface area contributed by atoms with Crippen LogP contribution in [0.2, 0.25) is 0 Å². The molecule has 5 heteroatoms. The summed E-state index contributed by atoms with van der Waals surface area (Å²) in [4.78, 5) is 11.7. The highest BCUT2D eigenvalue weighted by molar-refractivity contribution is 5.57. The first-order chi connectivity index (χ1) is 10.0. The molecule has 120 valence electrons. The quantitative estimate of drug-likeness (QED) is 0.685. The molecule has 0 aliphatic rings. The van der Waals surface area contributed by atoms with E-state index in [1.807, 2.05) is 7.05 Å². The van der Waals surface area contributed by atoms with Crippen LogP contribution in [0.3, 0.4) is 0 Å². The van der Waals surface area contributed by atoms with E-state index in [4.69, 9.17) is 0 Å². The van der Waals surface area contributed by atoms with E-state index in [-0.39, 0.29) is 0 Å². The summed E-state index contributed by atoms with van der Waals surface area (Å²) in [6, 6.07) is 0. The Morgan fingerprint density at radius 1 is 1.10 bits per heavy atom. The van der Waals surface area contributed by atoms with Gasteiger partial charge < -0.3 is 15.5 Å². The summed E-state index contributed by atoms with van der Waals surface area (Å²) in [5.74, 6) is 3.09. The molecule has 0 aliphatic heterocycles. The van der Waals surface area contributed by atoms with Crippen LogP contribution >= 0.6 is 0 Å². The van der Waals surface area contributed by atoms with Crippen LogP contribution in [0.15, 0.2) is 0 Å². The Labute approximate surface area is 129 Å². The molecule has 2 N–H and O–H groups in total. The molecule has 1 aromatic rings. The van der Waals surface area contributed by atoms with Gasteiger partial charge in [-0.25, -0.2) is 9.97 Å². The first-order valence-electron chi connectivity index (χ1n) is 8.05. The lowest BCUT2D eigenvalue weighted by molar-refractivity contribution is 0.303. The van der Waals surface area contributed by atoms with E-state index in [0.29, 0.717) is 5.92 Å². The van der Waals surface area contributed by atoms with Crippen LogP contribution < -0.4 is 10.6 Å². The van der Waals surface area contributed by atoms with Gasteiger partial charge in [0, 0.05) is 25.1 Å². The predicted octanol–water partition coefficient (Wildman–Crippen LogP) is 3.09. The van der Waals surface area contributed by atoms with Crippen LogP contribution in [0.4, 0.5) is 11.6 Å². The van der Waals surface area contributed by atoms with Gasteiger partial charge in [0.05, 0.1) is 0 Å². The molecule has 1 heterocycles. The highest BCUT2D eigenvalue weighted by atomic mass is 15.1. The van der Waals surface area contributed by atoms with Crippen molar-refractivity contribution in [2.75, 3.05) is 43.9 Å². The molecule has 0 spiro atoms. The number of anilines is 2. The predicted molar refractivity (Wildman–Crippen MR) is 91.3 cm³/mol. The molecule has 0 saturated carbocycles. The standard InChI is InChI=1S/C16H31N5/c1-7-21(8-2)11-9-10-18-16-13(5)15(17-6)19-14(20-16)12(3)4/h12H,7-11H2,1-6H3,(H2,17,18,19,20). The average Bonchev–Trinajstić information content (AvgIpc) is 2.48. The summed E-state index contributed by atoms with van der Waals surface area (Å²) in [7, 11) is 1.91. The van der Waals surface area contributed by atoms with Gasteiger partial charge in [0.2, 0.25) is 0 Å². The van der Waals surface area contributed by atoms with Gasteiger partial charge in [-0.05, 0) is 33.0 Å². The number of hydrogen-bond acceptors (Lipinski definition) is 5. The minimum Gasteiger partial charge on any atom is -0.373 e. The Morgan fingerprint density at radius 3 is 2.24 bits per heavy atom. The van der Waals surface area contributed by atoms with E-state index in [2.05, 4.69) is 60.1 Å². The minimum absolute atomic E-state index is 0.328. The molecule has 5 nitrogen and oxygen atoms in total. The van der Waals surface area contributed by atoms with Crippen LogP contribution in [0, 0.1) is 6.92 Å². The van der Waals surface area contributed by atoms with Gasteiger partial charge in [0.1, 0.15) is 17.5 Å². The summed E-state index contributed by atoms with van der Waals surface area (Å²) in [5.41, 5.74) is 1.09. The van der Waals surface area contributed by atoms with E-state index in [9.17, 15) is 0 Å². The molecular weight excluding hydrogens is 262 g/mol. The molecule has 0 aliphatic carbocycles. The van der Waals surface area contributed by atoms with E-state index in [0.717, 1.165) is 55.6 Å². The SMILES string of the molecule is CCN(CC)CCCNc1nc(C(C)C)nc(NC)c1C. The van der Waals surface area contributed by atoms with Crippen molar-refractivity contribution in [2.24, 2.45) is 0 Å². The molecule has 0 atom stereocenters. The second-order valence-electron chi connectivity index (χ2n) is 5.62. The third kappa shape index (κ3) is 5.16. The van der Waals surface area contributed by atoms with Gasteiger partial charge in [-0.15, -0.1) is 0 Å². The third-order valence-electron chi connectivity index (χ3n) is 3.75. The highest BCUT2D eigenvalue weighted by Crippen LogP contribution is 2.22. The van der Waals surface area contributed by atoms with Crippen LogP contribution in [0.1, 0.15) is 51.4 Å². The Morgan fingerprint density at radius 2 is 1.71 bits per heavy atom. The molecule has 1 aromatic heterocycles. The highest BCUT2D eigenvalue weighted by Gasteiger charge is 2.12. The molecule has 0 saturated heterocycles. The van der Waals surface area contributed by atoms with Gasteiger partial charge >= 0.3 is 0 Å². The zero-order valence-corrected chi connectivity index (χ0v) is 14.5. The zero-order valence-electron chi connectivity index (χ0n) is 14.5. The molecule has 0 amide bonds. The topological polar surface area (TPSA) is 53.1 Å². The first kappa shape index (κ1) is 17.7. The fourth-order valence-electron chi connectivity index (χ4n) is 2.26. The third-order valence-corrected chi connectivity index (χ3v) is 3.75. The maximum Gasteiger partial charge on any atom is 0.135 e.